The fourth-order valence-corrected chi connectivity index (χ4v) is 3.26. The monoisotopic (exact) mass is 267 g/mol. The molecule has 1 N–H and O–H groups in total. The van der Waals surface area contributed by atoms with E-state index in [9.17, 15) is 0 Å². The van der Waals surface area contributed by atoms with Gasteiger partial charge in [-0.3, -0.25) is 0 Å². The molecule has 3 rings (SSSR count). The highest BCUT2D eigenvalue weighted by molar-refractivity contribution is 7.00. The van der Waals surface area contributed by atoms with Gasteiger partial charge in [0, 0.05) is 6.04 Å². The standard InChI is InChI=1S/C12H14ClN3S/c1-7-3-2-4-9(7)14-11-8(13)5-6-10-12(11)16-17-15-10/h5-7,9,14H,2-4H2,1H3. The Bertz CT molecular complexity index is 540. The lowest BCUT2D eigenvalue weighted by Crippen LogP contribution is -2.22. The third-order valence-corrected chi connectivity index (χ3v) is 4.43. The van der Waals surface area contributed by atoms with E-state index in [0.29, 0.717) is 12.0 Å². The molecule has 1 heterocycles. The second kappa shape index (κ2) is 4.42. The molecule has 1 saturated carbocycles. The summed E-state index contributed by atoms with van der Waals surface area (Å²) in [5.74, 6) is 0.702. The minimum Gasteiger partial charge on any atom is -0.379 e. The van der Waals surface area contributed by atoms with Crippen LogP contribution in [0.25, 0.3) is 11.0 Å². The summed E-state index contributed by atoms with van der Waals surface area (Å²) in [6.07, 6.45) is 3.80. The molecule has 90 valence electrons. The number of rotatable bonds is 2. The Morgan fingerprint density at radius 1 is 1.35 bits per heavy atom. The van der Waals surface area contributed by atoms with E-state index in [1.165, 1.54) is 31.0 Å². The zero-order valence-electron chi connectivity index (χ0n) is 9.61. The van der Waals surface area contributed by atoms with Crippen LogP contribution >= 0.6 is 23.3 Å². The topological polar surface area (TPSA) is 37.8 Å². The summed E-state index contributed by atoms with van der Waals surface area (Å²) in [6.45, 7) is 2.29. The van der Waals surface area contributed by atoms with E-state index in [0.717, 1.165) is 21.7 Å². The highest BCUT2D eigenvalue weighted by atomic mass is 35.5. The maximum Gasteiger partial charge on any atom is 0.129 e. The Morgan fingerprint density at radius 3 is 3.00 bits per heavy atom. The molecule has 17 heavy (non-hydrogen) atoms. The van der Waals surface area contributed by atoms with Crippen LogP contribution in [-0.4, -0.2) is 14.8 Å². The normalized spacial score (nSPS) is 24.4. The molecular formula is C12H14ClN3S. The first-order valence-electron chi connectivity index (χ1n) is 5.93. The summed E-state index contributed by atoms with van der Waals surface area (Å²) in [4.78, 5) is 0. The fourth-order valence-electron chi connectivity index (χ4n) is 2.51. The van der Waals surface area contributed by atoms with Crippen LogP contribution in [0.15, 0.2) is 12.1 Å². The van der Waals surface area contributed by atoms with Crippen LogP contribution < -0.4 is 5.32 Å². The minimum absolute atomic E-state index is 0.514. The van der Waals surface area contributed by atoms with Crippen LogP contribution in [0.5, 0.6) is 0 Å². The van der Waals surface area contributed by atoms with Crippen LogP contribution in [0, 0.1) is 5.92 Å². The number of benzene rings is 1. The molecule has 1 aliphatic carbocycles. The molecule has 2 unspecified atom stereocenters. The summed E-state index contributed by atoms with van der Waals surface area (Å²) in [7, 11) is 0. The Morgan fingerprint density at radius 2 is 2.24 bits per heavy atom. The first-order chi connectivity index (χ1) is 8.25. The number of halogens is 1. The third-order valence-electron chi connectivity index (χ3n) is 3.57. The first kappa shape index (κ1) is 11.2. The number of nitrogens with zero attached hydrogens (tertiary/aromatic N) is 2. The second-order valence-corrected chi connectivity index (χ2v) is 5.65. The molecular weight excluding hydrogens is 254 g/mol. The van der Waals surface area contributed by atoms with Gasteiger partial charge in [0.2, 0.25) is 0 Å². The minimum atomic E-state index is 0.514. The average molecular weight is 268 g/mol. The second-order valence-electron chi connectivity index (χ2n) is 4.71. The maximum atomic E-state index is 6.26. The van der Waals surface area contributed by atoms with Gasteiger partial charge in [-0.2, -0.15) is 8.75 Å². The summed E-state index contributed by atoms with van der Waals surface area (Å²) in [5.41, 5.74) is 2.78. The maximum absolute atomic E-state index is 6.26. The van der Waals surface area contributed by atoms with Crippen LogP contribution in [0.2, 0.25) is 5.02 Å². The lowest BCUT2D eigenvalue weighted by Gasteiger charge is -2.19. The van der Waals surface area contributed by atoms with E-state index in [2.05, 4.69) is 21.0 Å². The lowest BCUT2D eigenvalue weighted by atomic mass is 10.1. The molecule has 0 aliphatic heterocycles. The van der Waals surface area contributed by atoms with E-state index in [1.54, 1.807) is 0 Å². The smallest absolute Gasteiger partial charge is 0.129 e. The predicted molar refractivity (Wildman–Crippen MR) is 72.9 cm³/mol. The van der Waals surface area contributed by atoms with Crippen LogP contribution in [0.3, 0.4) is 0 Å². The van der Waals surface area contributed by atoms with E-state index in [1.807, 2.05) is 12.1 Å². The molecule has 1 aromatic carbocycles. The van der Waals surface area contributed by atoms with Gasteiger partial charge in [-0.05, 0) is 30.9 Å². The molecule has 0 spiro atoms. The molecule has 3 nitrogen and oxygen atoms in total. The Labute approximate surface area is 110 Å². The predicted octanol–water partition coefficient (Wildman–Crippen LogP) is 3.95. The van der Waals surface area contributed by atoms with Crippen molar-refractivity contribution in [1.29, 1.82) is 0 Å². The van der Waals surface area contributed by atoms with E-state index in [-0.39, 0.29) is 0 Å². The van der Waals surface area contributed by atoms with E-state index < -0.39 is 0 Å². The van der Waals surface area contributed by atoms with Gasteiger partial charge in [0.05, 0.1) is 22.4 Å². The summed E-state index contributed by atoms with van der Waals surface area (Å²) in [6, 6.07) is 4.33. The zero-order chi connectivity index (χ0) is 11.8. The van der Waals surface area contributed by atoms with Gasteiger partial charge in [0.1, 0.15) is 11.0 Å². The van der Waals surface area contributed by atoms with Crippen LogP contribution in [0.1, 0.15) is 26.2 Å². The first-order valence-corrected chi connectivity index (χ1v) is 7.04. The molecule has 1 fully saturated rings. The molecule has 2 atom stereocenters. The number of hydrogen-bond donors (Lipinski definition) is 1. The molecule has 0 saturated heterocycles. The van der Waals surface area contributed by atoms with Gasteiger partial charge in [-0.1, -0.05) is 24.9 Å². The van der Waals surface area contributed by atoms with Gasteiger partial charge in [0.25, 0.3) is 0 Å². The number of aromatic nitrogens is 2. The van der Waals surface area contributed by atoms with Crippen molar-refractivity contribution in [3.05, 3.63) is 17.2 Å². The van der Waals surface area contributed by atoms with E-state index >= 15 is 0 Å². The van der Waals surface area contributed by atoms with Crippen molar-refractivity contribution >= 4 is 40.0 Å². The summed E-state index contributed by atoms with van der Waals surface area (Å²) >= 11 is 7.50. The highest BCUT2D eigenvalue weighted by Gasteiger charge is 2.24. The number of fused-ring (bicyclic) bond motifs is 1. The number of hydrogen-bond acceptors (Lipinski definition) is 4. The largest absolute Gasteiger partial charge is 0.379 e. The Hall–Kier alpha value is -0.870. The van der Waals surface area contributed by atoms with Crippen molar-refractivity contribution < 1.29 is 0 Å². The number of nitrogens with one attached hydrogen (secondary N) is 1. The third kappa shape index (κ3) is 2.00. The molecule has 2 aromatic rings. The Balaban J connectivity index is 1.98. The summed E-state index contributed by atoms with van der Waals surface area (Å²) < 4.78 is 8.58. The van der Waals surface area contributed by atoms with Crippen molar-refractivity contribution in [2.45, 2.75) is 32.2 Å². The van der Waals surface area contributed by atoms with Crippen LogP contribution in [-0.2, 0) is 0 Å². The Kier molecular flexibility index (Phi) is 2.92. The van der Waals surface area contributed by atoms with Crippen molar-refractivity contribution in [3.8, 4) is 0 Å². The molecule has 0 radical (unpaired) electrons. The van der Waals surface area contributed by atoms with Crippen molar-refractivity contribution in [2.75, 3.05) is 5.32 Å². The van der Waals surface area contributed by atoms with Gasteiger partial charge < -0.3 is 5.32 Å². The lowest BCUT2D eigenvalue weighted by molar-refractivity contribution is 0.557. The SMILES string of the molecule is CC1CCCC1Nc1c(Cl)ccc2nsnc12. The van der Waals surface area contributed by atoms with Crippen molar-refractivity contribution in [1.82, 2.24) is 8.75 Å². The summed E-state index contributed by atoms with van der Waals surface area (Å²) in [5, 5.41) is 4.30. The van der Waals surface area contributed by atoms with Crippen molar-refractivity contribution in [2.24, 2.45) is 5.92 Å². The van der Waals surface area contributed by atoms with Crippen molar-refractivity contribution in [3.63, 3.8) is 0 Å². The molecule has 1 aliphatic rings. The molecule has 1 aromatic heterocycles. The molecule has 5 heteroatoms. The molecule has 0 bridgehead atoms. The van der Waals surface area contributed by atoms with Gasteiger partial charge in [-0.25, -0.2) is 0 Å². The zero-order valence-corrected chi connectivity index (χ0v) is 11.2. The fraction of sp³-hybridized carbons (Fsp3) is 0.500. The highest BCUT2D eigenvalue weighted by Crippen LogP contribution is 2.34. The quantitative estimate of drug-likeness (QED) is 0.895. The average Bonchev–Trinajstić information content (AvgIpc) is 2.92. The molecule has 0 amide bonds. The number of anilines is 1. The van der Waals surface area contributed by atoms with Crippen LogP contribution in [0.4, 0.5) is 5.69 Å². The van der Waals surface area contributed by atoms with Gasteiger partial charge in [-0.15, -0.1) is 0 Å². The van der Waals surface area contributed by atoms with Gasteiger partial charge in [0.15, 0.2) is 0 Å². The van der Waals surface area contributed by atoms with E-state index in [4.69, 9.17) is 11.6 Å². The van der Waals surface area contributed by atoms with Gasteiger partial charge >= 0.3 is 0 Å².